The third-order valence-corrected chi connectivity index (χ3v) is 14.4. The van der Waals surface area contributed by atoms with Crippen LogP contribution in [-0.2, 0) is 21.1 Å². The van der Waals surface area contributed by atoms with Crippen molar-refractivity contribution in [1.29, 1.82) is 0 Å². The fraction of sp³-hybridized carbons (Fsp3) is 0.696. The fourth-order valence-corrected chi connectivity index (χ4v) is 9.12. The van der Waals surface area contributed by atoms with Gasteiger partial charge in [-0.25, -0.2) is 0 Å². The van der Waals surface area contributed by atoms with Gasteiger partial charge in [-0.3, -0.25) is 9.59 Å². The maximum Gasteiger partial charge on any atom is 0.460 e. The summed E-state index contributed by atoms with van der Waals surface area (Å²) in [6.07, 6.45) is -23.8. The Bertz CT molecular complexity index is 2540. The monoisotopic (exact) mass is 1400 g/mol. The first kappa shape index (κ1) is 79.4. The number of hydrogen-bond donors (Lipinski definition) is 2. The first-order valence-corrected chi connectivity index (χ1v) is 25.8. The molecule has 0 aliphatic rings. The van der Waals surface area contributed by atoms with Gasteiger partial charge >= 0.3 is 95.3 Å². The summed E-state index contributed by atoms with van der Waals surface area (Å²) in [5.74, 6) is -120. The van der Waals surface area contributed by atoms with Crippen molar-refractivity contribution in [2.24, 2.45) is 0 Å². The van der Waals surface area contributed by atoms with Gasteiger partial charge in [0.15, 0.2) is 12.2 Å². The molecule has 510 valence electrons. The van der Waals surface area contributed by atoms with Gasteiger partial charge in [0.25, 0.3) is 11.8 Å². The minimum absolute atomic E-state index is 0.0228. The summed E-state index contributed by atoms with van der Waals surface area (Å²) in [7, 11) is 0. The van der Waals surface area contributed by atoms with Crippen molar-refractivity contribution in [2.45, 2.75) is 173 Å². The summed E-state index contributed by atoms with van der Waals surface area (Å²) in [4.78, 5) is 25.6. The molecule has 0 fully saturated rings. The summed E-state index contributed by atoms with van der Waals surface area (Å²) in [5.41, 5.74) is 0.805. The number of carbonyl (C=O) groups is 2. The molecule has 88 heavy (non-hydrogen) atoms. The highest BCUT2D eigenvalue weighted by Gasteiger charge is 2.97. The Morgan fingerprint density at radius 2 is 0.568 bits per heavy atom. The highest BCUT2D eigenvalue weighted by molar-refractivity contribution is 7.98. The summed E-state index contributed by atoms with van der Waals surface area (Å²) in [5, 5.41) is 4.74. The molecule has 2 unspecified atom stereocenters. The van der Waals surface area contributed by atoms with Gasteiger partial charge in [0.05, 0.1) is 0 Å². The molecule has 0 spiro atoms. The molecule has 0 bridgehead atoms. The van der Waals surface area contributed by atoms with Crippen molar-refractivity contribution in [3.05, 3.63) is 57.6 Å². The van der Waals surface area contributed by atoms with Crippen LogP contribution in [0.15, 0.2) is 24.3 Å². The van der Waals surface area contributed by atoms with Crippen molar-refractivity contribution in [1.82, 2.24) is 10.6 Å². The van der Waals surface area contributed by atoms with E-state index in [1.54, 1.807) is 0 Å². The van der Waals surface area contributed by atoms with Crippen LogP contribution in [0.2, 0.25) is 0 Å². The molecule has 0 aromatic heterocycles. The molecule has 2 aromatic rings. The molecule has 0 heterocycles. The summed E-state index contributed by atoms with van der Waals surface area (Å²) < 4.78 is 473. The molecule has 42 heteroatoms. The van der Waals surface area contributed by atoms with Gasteiger partial charge in [-0.2, -0.15) is 173 Å². The number of benzene rings is 2. The molecule has 0 aliphatic carbocycles. The number of halogens is 34. The highest BCUT2D eigenvalue weighted by atomic mass is 32.2. The second-order valence-corrected chi connectivity index (χ2v) is 21.3. The van der Waals surface area contributed by atoms with E-state index in [4.69, 9.17) is 9.47 Å². The van der Waals surface area contributed by atoms with Gasteiger partial charge in [-0.05, 0) is 86.4 Å². The Balaban J connectivity index is 1.99. The second-order valence-electron chi connectivity index (χ2n) is 19.1. The lowest BCUT2D eigenvalue weighted by molar-refractivity contribution is -0.461. The zero-order chi connectivity index (χ0) is 69.7. The number of alkyl halides is 34. The van der Waals surface area contributed by atoms with Crippen molar-refractivity contribution >= 4 is 35.3 Å². The van der Waals surface area contributed by atoms with Gasteiger partial charge in [0, 0.05) is 37.4 Å². The normalized spacial score (nSPS) is 15.5. The third kappa shape index (κ3) is 14.2. The van der Waals surface area contributed by atoms with E-state index >= 15 is 0 Å². The van der Waals surface area contributed by atoms with Gasteiger partial charge < -0.3 is 20.1 Å². The number of amides is 2. The van der Waals surface area contributed by atoms with Crippen molar-refractivity contribution in [3.8, 4) is 11.5 Å². The Morgan fingerprint density at radius 3 is 0.784 bits per heavy atom. The topological polar surface area (TPSA) is 76.7 Å². The van der Waals surface area contributed by atoms with Gasteiger partial charge in [-0.1, -0.05) is 24.3 Å². The van der Waals surface area contributed by atoms with Gasteiger partial charge in [0.1, 0.15) is 11.5 Å². The average Bonchev–Trinajstić information content (AvgIpc) is 0.755. The van der Waals surface area contributed by atoms with E-state index in [1.165, 1.54) is 65.8 Å². The van der Waals surface area contributed by atoms with Gasteiger partial charge in [-0.15, -0.1) is 0 Å². The van der Waals surface area contributed by atoms with Crippen LogP contribution in [-0.4, -0.2) is 144 Å². The smallest absolute Gasteiger partial charge is 0.460 e. The average molecular weight is 1400 g/mol. The largest absolute Gasteiger partial charge is 0.480 e. The molecule has 2 N–H and O–H groups in total. The molecule has 2 amide bonds. The number of nitrogens with one attached hydrogen (secondary N) is 2. The van der Waals surface area contributed by atoms with E-state index in [1.807, 2.05) is 0 Å². The van der Waals surface area contributed by atoms with Crippen molar-refractivity contribution in [2.75, 3.05) is 24.6 Å². The van der Waals surface area contributed by atoms with E-state index in [2.05, 4.69) is 10.6 Å². The van der Waals surface area contributed by atoms with E-state index < -0.39 is 155 Å². The predicted octanol–water partition coefficient (Wildman–Crippen LogP) is 16.7. The molecule has 2 atom stereocenters. The molecule has 0 radical (unpaired) electrons. The Morgan fingerprint density at radius 1 is 0.364 bits per heavy atom. The van der Waals surface area contributed by atoms with Crippen LogP contribution < -0.4 is 20.1 Å². The fourth-order valence-electron chi connectivity index (χ4n) is 7.23. The van der Waals surface area contributed by atoms with E-state index in [0.717, 1.165) is 0 Å². The molecule has 2 rings (SSSR count). The Kier molecular flexibility index (Phi) is 23.2. The lowest BCUT2D eigenvalue weighted by Gasteiger charge is -2.42. The number of aryl methyl sites for hydroxylation is 4. The summed E-state index contributed by atoms with van der Waals surface area (Å²) in [6.45, 7) is 7.10. The quantitative estimate of drug-likeness (QED) is 0.0579. The lowest BCUT2D eigenvalue weighted by Crippen LogP contribution is -2.74. The number of hydrogen-bond acceptors (Lipinski definition) is 6. The summed E-state index contributed by atoms with van der Waals surface area (Å²) >= 11 is 0.297. The minimum atomic E-state index is -8.75. The lowest BCUT2D eigenvalue weighted by atomic mass is 9.88. The maximum atomic E-state index is 14.4. The third-order valence-electron chi connectivity index (χ3n) is 12.3. The molecule has 6 nitrogen and oxygen atoms in total. The van der Waals surface area contributed by atoms with Crippen LogP contribution in [0.4, 0.5) is 149 Å². The Labute approximate surface area is 480 Å². The maximum absolute atomic E-state index is 14.4. The van der Waals surface area contributed by atoms with Crippen LogP contribution in [0.5, 0.6) is 11.5 Å². The zero-order valence-corrected chi connectivity index (χ0v) is 46.1. The standard InChI is InChI=1S/C46H42F34N2O4S2/c1-19-13-25(17-87-11-7-31(47,48)33(51,52)35(55,56)37(59,60)39(63,64)41(67,68)43(71,72)45(75,76)77)14-20(2)27(19)85-23(5)29(83)81-9-10-82-30(84)24(6)86-28-21(3)15-26(16-22(28)4)18-88-12-8-32(49,50)34(53,54)36(57,58)38(61,62)40(65,66)42(69,70)44(73,74)46(78,79)80/h13-16,23-24H,7-12,17-18H2,1-6H3,(H,81,83)(H,82,84). The second kappa shape index (κ2) is 25.8. The molecule has 0 saturated carbocycles. The van der Waals surface area contributed by atoms with Crippen LogP contribution in [0.3, 0.4) is 0 Å². The number of ether oxygens (including phenoxy) is 2. The van der Waals surface area contributed by atoms with Crippen LogP contribution in [0.1, 0.15) is 60.1 Å². The molecule has 0 aliphatic heterocycles. The number of thioether (sulfide) groups is 2. The zero-order valence-electron chi connectivity index (χ0n) is 44.4. The molecule has 0 saturated heterocycles. The highest BCUT2D eigenvalue weighted by Crippen LogP contribution is 2.66. The number of rotatable bonds is 31. The summed E-state index contributed by atoms with van der Waals surface area (Å²) in [6, 6.07) is 4.85. The van der Waals surface area contributed by atoms with Crippen LogP contribution in [0.25, 0.3) is 0 Å². The van der Waals surface area contributed by atoms with Crippen LogP contribution >= 0.6 is 23.5 Å². The molecule has 2 aromatic carbocycles. The first-order chi connectivity index (χ1) is 38.9. The Hall–Kier alpha value is -4.70. The van der Waals surface area contributed by atoms with Crippen LogP contribution in [0, 0.1) is 27.7 Å². The van der Waals surface area contributed by atoms with Crippen molar-refractivity contribution in [3.63, 3.8) is 0 Å². The van der Waals surface area contributed by atoms with E-state index in [-0.39, 0.29) is 81.5 Å². The van der Waals surface area contributed by atoms with E-state index in [0.29, 0.717) is 0 Å². The molecular formula is C46H42F34N2O4S2. The van der Waals surface area contributed by atoms with E-state index in [9.17, 15) is 159 Å². The number of carbonyl (C=O) groups excluding carboxylic acids is 2. The molecular weight excluding hydrogens is 1350 g/mol. The SMILES string of the molecule is Cc1cc(CSCCC(F)(F)C(F)(F)C(F)(F)C(F)(F)C(F)(F)C(F)(F)C(F)(F)C(F)(F)F)cc(C)c1OC(C)C(=O)NCCNC(=O)C(C)Oc1c(C)cc(CSCCC(F)(F)C(F)(F)C(F)(F)C(F)(F)C(F)(F)C(F)(F)C(F)(F)C(F)(F)F)cc1C. The predicted molar refractivity (Wildman–Crippen MR) is 241 cm³/mol. The van der Waals surface area contributed by atoms with Crippen molar-refractivity contribution < 1.29 is 168 Å². The first-order valence-electron chi connectivity index (χ1n) is 23.5. The van der Waals surface area contributed by atoms with Gasteiger partial charge in [0.2, 0.25) is 0 Å². The minimum Gasteiger partial charge on any atom is -0.480 e.